The summed E-state index contributed by atoms with van der Waals surface area (Å²) in [4.78, 5) is 17.1. The van der Waals surface area contributed by atoms with Crippen molar-refractivity contribution in [3.8, 4) is 5.75 Å². The third kappa shape index (κ3) is 3.74. The van der Waals surface area contributed by atoms with E-state index < -0.39 is 0 Å². The number of amides is 1. The Labute approximate surface area is 122 Å². The molecule has 1 aromatic heterocycles. The molecule has 0 aliphatic carbocycles. The zero-order valence-electron chi connectivity index (χ0n) is 11.3. The van der Waals surface area contributed by atoms with Gasteiger partial charge in [0.05, 0.1) is 0 Å². The molecule has 0 fully saturated rings. The van der Waals surface area contributed by atoms with Crippen molar-refractivity contribution in [2.24, 2.45) is 0 Å². The average Bonchev–Trinajstić information content (AvgIpc) is 2.41. The molecule has 2 N–H and O–H groups in total. The lowest BCUT2D eigenvalue weighted by molar-refractivity contribution is 0.102. The van der Waals surface area contributed by atoms with E-state index in [9.17, 15) is 9.90 Å². The van der Waals surface area contributed by atoms with Crippen LogP contribution in [0.15, 0.2) is 47.5 Å². The highest BCUT2D eigenvalue weighted by Gasteiger charge is 2.09. The van der Waals surface area contributed by atoms with Crippen LogP contribution in [0.3, 0.4) is 0 Å². The van der Waals surface area contributed by atoms with E-state index in [0.29, 0.717) is 10.8 Å². The van der Waals surface area contributed by atoms with Crippen molar-refractivity contribution in [1.82, 2.24) is 4.98 Å². The number of nitrogens with one attached hydrogen (secondary N) is 1. The number of anilines is 1. The highest BCUT2D eigenvalue weighted by molar-refractivity contribution is 7.99. The Bertz CT molecular complexity index is 597. The molecule has 0 spiro atoms. The predicted molar refractivity (Wildman–Crippen MR) is 81.3 cm³/mol. The first-order chi connectivity index (χ1) is 9.56. The highest BCUT2D eigenvalue weighted by atomic mass is 32.2. The number of carbonyl (C=O) groups is 1. The van der Waals surface area contributed by atoms with Crippen molar-refractivity contribution in [2.75, 3.05) is 5.32 Å². The molecule has 0 unspecified atom stereocenters. The molecule has 0 atom stereocenters. The number of aromatic hydroxyl groups is 1. The Morgan fingerprint density at radius 2 is 1.95 bits per heavy atom. The van der Waals surface area contributed by atoms with Crippen molar-refractivity contribution in [1.29, 1.82) is 0 Å². The fourth-order valence-corrected chi connectivity index (χ4v) is 2.47. The van der Waals surface area contributed by atoms with Gasteiger partial charge in [0.15, 0.2) is 11.6 Å². The van der Waals surface area contributed by atoms with E-state index in [0.717, 1.165) is 4.90 Å². The van der Waals surface area contributed by atoms with Crippen LogP contribution in [0.1, 0.15) is 24.2 Å². The van der Waals surface area contributed by atoms with Crippen LogP contribution in [-0.4, -0.2) is 21.2 Å². The van der Waals surface area contributed by atoms with Crippen molar-refractivity contribution in [3.63, 3.8) is 0 Å². The van der Waals surface area contributed by atoms with E-state index in [1.54, 1.807) is 30.0 Å². The molecule has 5 heteroatoms. The minimum atomic E-state index is -0.292. The van der Waals surface area contributed by atoms with Crippen LogP contribution < -0.4 is 5.32 Å². The number of carbonyl (C=O) groups excluding carboxylic acids is 1. The molecule has 0 radical (unpaired) electrons. The summed E-state index contributed by atoms with van der Waals surface area (Å²) in [5.41, 5.74) is 0.531. The number of aromatic nitrogens is 1. The molecule has 0 bridgehead atoms. The predicted octanol–water partition coefficient (Wildman–Crippen LogP) is 3.54. The van der Waals surface area contributed by atoms with Gasteiger partial charge in [0.1, 0.15) is 0 Å². The van der Waals surface area contributed by atoms with Crippen LogP contribution >= 0.6 is 11.8 Å². The standard InChI is InChI=1S/C15H16N2O2S/c1-10(2)20-12-7-5-11(6-8-12)15(19)17-14-13(18)4-3-9-16-14/h3-10,18H,1-2H3,(H,16,17,19). The second-order valence-corrected chi connectivity index (χ2v) is 6.17. The van der Waals surface area contributed by atoms with E-state index in [1.807, 2.05) is 12.1 Å². The Kier molecular flexibility index (Phi) is 4.63. The van der Waals surface area contributed by atoms with E-state index in [1.165, 1.54) is 12.3 Å². The summed E-state index contributed by atoms with van der Waals surface area (Å²) in [6.07, 6.45) is 1.51. The Hall–Kier alpha value is -2.01. The van der Waals surface area contributed by atoms with Crippen LogP contribution in [0.5, 0.6) is 5.75 Å². The number of rotatable bonds is 4. The molecule has 1 heterocycles. The summed E-state index contributed by atoms with van der Waals surface area (Å²) in [6, 6.07) is 10.4. The van der Waals surface area contributed by atoms with E-state index in [2.05, 4.69) is 24.1 Å². The lowest BCUT2D eigenvalue weighted by Crippen LogP contribution is -2.12. The second-order valence-electron chi connectivity index (χ2n) is 4.52. The molecule has 2 aromatic rings. The maximum Gasteiger partial charge on any atom is 0.256 e. The number of nitrogens with zero attached hydrogens (tertiary/aromatic N) is 1. The summed E-state index contributed by atoms with van der Waals surface area (Å²) >= 11 is 1.74. The first-order valence-electron chi connectivity index (χ1n) is 6.28. The highest BCUT2D eigenvalue weighted by Crippen LogP contribution is 2.23. The summed E-state index contributed by atoms with van der Waals surface area (Å²) < 4.78 is 0. The molecular weight excluding hydrogens is 272 g/mol. The lowest BCUT2D eigenvalue weighted by atomic mass is 10.2. The number of benzene rings is 1. The molecule has 20 heavy (non-hydrogen) atoms. The zero-order chi connectivity index (χ0) is 14.5. The van der Waals surface area contributed by atoms with Gasteiger partial charge >= 0.3 is 0 Å². The number of hydrogen-bond donors (Lipinski definition) is 2. The van der Waals surface area contributed by atoms with Gasteiger partial charge in [-0.05, 0) is 36.4 Å². The van der Waals surface area contributed by atoms with E-state index in [-0.39, 0.29) is 17.5 Å². The summed E-state index contributed by atoms with van der Waals surface area (Å²) in [5.74, 6) is -0.175. The van der Waals surface area contributed by atoms with Gasteiger partial charge in [0.25, 0.3) is 5.91 Å². The molecule has 0 aliphatic heterocycles. The van der Waals surface area contributed by atoms with Gasteiger partial charge in [0.2, 0.25) is 0 Å². The van der Waals surface area contributed by atoms with Gasteiger partial charge < -0.3 is 10.4 Å². The molecule has 4 nitrogen and oxygen atoms in total. The first kappa shape index (κ1) is 14.4. The third-order valence-electron chi connectivity index (χ3n) is 2.51. The second kappa shape index (κ2) is 6.43. The van der Waals surface area contributed by atoms with Crippen LogP contribution in [0.4, 0.5) is 5.82 Å². The Balaban J connectivity index is 2.08. The van der Waals surface area contributed by atoms with Gasteiger partial charge in [-0.2, -0.15) is 0 Å². The minimum Gasteiger partial charge on any atom is -0.504 e. The molecule has 0 aliphatic rings. The summed E-state index contributed by atoms with van der Waals surface area (Å²) in [5, 5.41) is 12.6. The monoisotopic (exact) mass is 288 g/mol. The maximum absolute atomic E-state index is 12.0. The molecular formula is C15H16N2O2S. The van der Waals surface area contributed by atoms with Gasteiger partial charge in [-0.3, -0.25) is 4.79 Å². The van der Waals surface area contributed by atoms with Crippen molar-refractivity contribution >= 4 is 23.5 Å². The molecule has 1 amide bonds. The van der Waals surface area contributed by atoms with Crippen LogP contribution in [0, 0.1) is 0 Å². The Morgan fingerprint density at radius 3 is 2.55 bits per heavy atom. The quantitative estimate of drug-likeness (QED) is 0.845. The van der Waals surface area contributed by atoms with Gasteiger partial charge in [0, 0.05) is 21.9 Å². The first-order valence-corrected chi connectivity index (χ1v) is 7.16. The summed E-state index contributed by atoms with van der Waals surface area (Å²) in [7, 11) is 0. The average molecular weight is 288 g/mol. The van der Waals surface area contributed by atoms with Crippen LogP contribution in [0.25, 0.3) is 0 Å². The topological polar surface area (TPSA) is 62.2 Å². The van der Waals surface area contributed by atoms with Gasteiger partial charge in [-0.25, -0.2) is 4.98 Å². The maximum atomic E-state index is 12.0. The third-order valence-corrected chi connectivity index (χ3v) is 3.52. The molecule has 0 saturated heterocycles. The number of pyridine rings is 1. The smallest absolute Gasteiger partial charge is 0.256 e. The fraction of sp³-hybridized carbons (Fsp3) is 0.200. The van der Waals surface area contributed by atoms with Gasteiger partial charge in [-0.15, -0.1) is 11.8 Å². The van der Waals surface area contributed by atoms with Crippen molar-refractivity contribution in [2.45, 2.75) is 24.0 Å². The molecule has 104 valence electrons. The fourth-order valence-electron chi connectivity index (χ4n) is 1.63. The lowest BCUT2D eigenvalue weighted by Gasteiger charge is -2.07. The molecule has 1 aromatic carbocycles. The normalized spacial score (nSPS) is 10.6. The van der Waals surface area contributed by atoms with Crippen LogP contribution in [0.2, 0.25) is 0 Å². The molecule has 2 rings (SSSR count). The van der Waals surface area contributed by atoms with Crippen molar-refractivity contribution in [3.05, 3.63) is 48.2 Å². The number of thioether (sulfide) groups is 1. The largest absolute Gasteiger partial charge is 0.504 e. The minimum absolute atomic E-state index is 0.0483. The van der Waals surface area contributed by atoms with E-state index >= 15 is 0 Å². The van der Waals surface area contributed by atoms with Gasteiger partial charge in [-0.1, -0.05) is 13.8 Å². The van der Waals surface area contributed by atoms with Crippen molar-refractivity contribution < 1.29 is 9.90 Å². The summed E-state index contributed by atoms with van der Waals surface area (Å²) in [6.45, 7) is 4.24. The zero-order valence-corrected chi connectivity index (χ0v) is 12.1. The van der Waals surface area contributed by atoms with E-state index in [4.69, 9.17) is 0 Å². The number of hydrogen-bond acceptors (Lipinski definition) is 4. The Morgan fingerprint density at radius 1 is 1.25 bits per heavy atom. The van der Waals surface area contributed by atoms with Crippen LogP contribution in [-0.2, 0) is 0 Å². The molecule has 0 saturated carbocycles. The SMILES string of the molecule is CC(C)Sc1ccc(C(=O)Nc2ncccc2O)cc1.